The van der Waals surface area contributed by atoms with Gasteiger partial charge < -0.3 is 24.1 Å². The molecular weight excluding hydrogens is 420 g/mol. The normalized spacial score (nSPS) is 19.2. The number of aryl methyl sites for hydroxylation is 1. The number of ether oxygens (including phenoxy) is 1. The number of carbonyl (C=O) groups excluding carboxylic acids is 2. The van der Waals surface area contributed by atoms with Gasteiger partial charge in [0.15, 0.2) is 11.5 Å². The second-order valence-corrected chi connectivity index (χ2v) is 8.47. The number of amides is 1. The quantitative estimate of drug-likeness (QED) is 0.455. The number of aliphatic hydroxyl groups excluding tert-OH is 1. The number of Topliss-reactive ketones (excluding diaryl/α,β-unsaturated/α-hetero) is 1. The number of benzene rings is 1. The van der Waals surface area contributed by atoms with Gasteiger partial charge in [0.25, 0.3) is 5.91 Å². The fourth-order valence-corrected chi connectivity index (χ4v) is 4.49. The highest BCUT2D eigenvalue weighted by molar-refractivity contribution is 6.15. The number of rotatable bonds is 9. The zero-order chi connectivity index (χ0) is 23.4. The van der Waals surface area contributed by atoms with Gasteiger partial charge in [0.2, 0.25) is 5.78 Å². The number of likely N-dealkylation sites (tertiary alicyclic amines) is 1. The molecule has 0 saturated carbocycles. The average Bonchev–Trinajstić information content (AvgIpc) is 3.38. The summed E-state index contributed by atoms with van der Waals surface area (Å²) in [4.78, 5) is 30.3. The molecule has 1 aromatic carbocycles. The molecule has 174 valence electrons. The SMILES string of the molecule is C=CCOc1ccc(C2C(C(=O)c3ccc(C)o3)=C(O)C(=O)N2CCN2CCCCC2)cc1. The van der Waals surface area contributed by atoms with E-state index in [4.69, 9.17) is 9.15 Å². The summed E-state index contributed by atoms with van der Waals surface area (Å²) in [5, 5.41) is 10.8. The molecule has 0 aliphatic carbocycles. The van der Waals surface area contributed by atoms with Crippen LogP contribution in [0.25, 0.3) is 0 Å². The molecule has 0 radical (unpaired) electrons. The Labute approximate surface area is 193 Å². The van der Waals surface area contributed by atoms with Gasteiger partial charge in [-0.3, -0.25) is 9.59 Å². The molecular formula is C26H30N2O5. The first-order valence-corrected chi connectivity index (χ1v) is 11.4. The number of aliphatic hydroxyl groups is 1. The van der Waals surface area contributed by atoms with Crippen molar-refractivity contribution >= 4 is 11.7 Å². The predicted molar refractivity (Wildman–Crippen MR) is 124 cm³/mol. The van der Waals surface area contributed by atoms with Gasteiger partial charge >= 0.3 is 0 Å². The molecule has 0 spiro atoms. The van der Waals surface area contributed by atoms with Crippen LogP contribution in [0.3, 0.4) is 0 Å². The molecule has 1 saturated heterocycles. The molecule has 33 heavy (non-hydrogen) atoms. The molecule has 1 fully saturated rings. The van der Waals surface area contributed by atoms with Crippen molar-refractivity contribution < 1.29 is 23.8 Å². The third-order valence-electron chi connectivity index (χ3n) is 6.18. The van der Waals surface area contributed by atoms with Crippen LogP contribution in [0.2, 0.25) is 0 Å². The molecule has 2 aliphatic rings. The molecule has 7 nitrogen and oxygen atoms in total. The van der Waals surface area contributed by atoms with Gasteiger partial charge in [-0.2, -0.15) is 0 Å². The predicted octanol–water partition coefficient (Wildman–Crippen LogP) is 4.22. The number of hydrogen-bond donors (Lipinski definition) is 1. The summed E-state index contributed by atoms with van der Waals surface area (Å²) < 4.78 is 11.1. The highest BCUT2D eigenvalue weighted by atomic mass is 16.5. The van der Waals surface area contributed by atoms with Crippen LogP contribution in [-0.2, 0) is 4.79 Å². The third kappa shape index (κ3) is 4.88. The zero-order valence-electron chi connectivity index (χ0n) is 19.0. The summed E-state index contributed by atoms with van der Waals surface area (Å²) in [6, 6.07) is 9.79. The van der Waals surface area contributed by atoms with Crippen LogP contribution in [-0.4, -0.2) is 59.4 Å². The van der Waals surface area contributed by atoms with E-state index >= 15 is 0 Å². The van der Waals surface area contributed by atoms with Gasteiger partial charge in [0, 0.05) is 13.1 Å². The summed E-state index contributed by atoms with van der Waals surface area (Å²) in [5.74, 6) is -0.169. The Balaban J connectivity index is 1.64. The van der Waals surface area contributed by atoms with Crippen LogP contribution in [0, 0.1) is 6.92 Å². The van der Waals surface area contributed by atoms with Crippen molar-refractivity contribution in [2.45, 2.75) is 32.2 Å². The van der Waals surface area contributed by atoms with Gasteiger partial charge in [-0.15, -0.1) is 0 Å². The fourth-order valence-electron chi connectivity index (χ4n) is 4.49. The number of piperidine rings is 1. The smallest absolute Gasteiger partial charge is 0.290 e. The Morgan fingerprint density at radius 1 is 1.15 bits per heavy atom. The van der Waals surface area contributed by atoms with E-state index in [2.05, 4.69) is 11.5 Å². The van der Waals surface area contributed by atoms with Crippen molar-refractivity contribution in [3.63, 3.8) is 0 Å². The molecule has 1 unspecified atom stereocenters. The van der Waals surface area contributed by atoms with Gasteiger partial charge in [0.1, 0.15) is 18.1 Å². The maximum Gasteiger partial charge on any atom is 0.290 e. The molecule has 1 amide bonds. The summed E-state index contributed by atoms with van der Waals surface area (Å²) in [6.07, 6.45) is 5.18. The molecule has 1 aromatic heterocycles. The van der Waals surface area contributed by atoms with Crippen molar-refractivity contribution in [1.82, 2.24) is 9.80 Å². The molecule has 7 heteroatoms. The van der Waals surface area contributed by atoms with E-state index < -0.39 is 23.5 Å². The van der Waals surface area contributed by atoms with Gasteiger partial charge in [-0.1, -0.05) is 31.2 Å². The molecule has 4 rings (SSSR count). The van der Waals surface area contributed by atoms with Crippen molar-refractivity contribution in [1.29, 1.82) is 0 Å². The lowest BCUT2D eigenvalue weighted by molar-refractivity contribution is -0.129. The molecule has 2 aromatic rings. The van der Waals surface area contributed by atoms with E-state index in [1.807, 2.05) is 12.1 Å². The number of hydrogen-bond acceptors (Lipinski definition) is 6. The van der Waals surface area contributed by atoms with E-state index in [9.17, 15) is 14.7 Å². The van der Waals surface area contributed by atoms with Gasteiger partial charge in [-0.05, 0) is 62.7 Å². The molecule has 0 bridgehead atoms. The Bertz CT molecular complexity index is 1050. The highest BCUT2D eigenvalue weighted by Crippen LogP contribution is 2.39. The Morgan fingerprint density at radius 2 is 1.88 bits per heavy atom. The largest absolute Gasteiger partial charge is 0.503 e. The topological polar surface area (TPSA) is 83.2 Å². The summed E-state index contributed by atoms with van der Waals surface area (Å²) in [6.45, 7) is 8.88. The number of ketones is 1. The standard InChI is InChI=1S/C26H30N2O5/c1-3-17-32-20-10-8-19(9-11-20)23-22(24(29)21-12-7-18(2)33-21)25(30)26(31)28(23)16-15-27-13-5-4-6-14-27/h3,7-12,23,30H,1,4-6,13-17H2,2H3. The highest BCUT2D eigenvalue weighted by Gasteiger charge is 2.44. The van der Waals surface area contributed by atoms with Crippen LogP contribution >= 0.6 is 0 Å². The van der Waals surface area contributed by atoms with Crippen molar-refractivity contribution in [3.8, 4) is 5.75 Å². The Morgan fingerprint density at radius 3 is 2.52 bits per heavy atom. The Hall–Kier alpha value is -3.32. The van der Waals surface area contributed by atoms with E-state index in [0.717, 1.165) is 31.5 Å². The first-order valence-electron chi connectivity index (χ1n) is 11.4. The van der Waals surface area contributed by atoms with Crippen molar-refractivity contribution in [3.05, 3.63) is 77.5 Å². The second-order valence-electron chi connectivity index (χ2n) is 8.47. The van der Waals surface area contributed by atoms with Crippen molar-refractivity contribution in [2.24, 2.45) is 0 Å². The number of furan rings is 1. The molecule has 2 aliphatic heterocycles. The van der Waals surface area contributed by atoms with E-state index in [-0.39, 0.29) is 11.3 Å². The van der Waals surface area contributed by atoms with Gasteiger partial charge in [-0.25, -0.2) is 0 Å². The van der Waals surface area contributed by atoms with Crippen molar-refractivity contribution in [2.75, 3.05) is 32.8 Å². The summed E-state index contributed by atoms with van der Waals surface area (Å²) >= 11 is 0. The summed E-state index contributed by atoms with van der Waals surface area (Å²) in [5.41, 5.74) is 0.774. The minimum Gasteiger partial charge on any atom is -0.503 e. The minimum absolute atomic E-state index is 0.0488. The van der Waals surface area contributed by atoms with Crippen LogP contribution in [0.1, 0.15) is 47.2 Å². The average molecular weight is 451 g/mol. The Kier molecular flexibility index (Phi) is 6.99. The van der Waals surface area contributed by atoms with E-state index in [0.29, 0.717) is 31.2 Å². The maximum absolute atomic E-state index is 13.3. The minimum atomic E-state index is -0.700. The molecule has 1 N–H and O–H groups in total. The monoisotopic (exact) mass is 450 g/mol. The van der Waals surface area contributed by atoms with Gasteiger partial charge in [0.05, 0.1) is 11.6 Å². The molecule has 1 atom stereocenters. The zero-order valence-corrected chi connectivity index (χ0v) is 19.0. The third-order valence-corrected chi connectivity index (χ3v) is 6.18. The second kappa shape index (κ2) is 10.1. The molecule has 3 heterocycles. The summed E-state index contributed by atoms with van der Waals surface area (Å²) in [7, 11) is 0. The number of nitrogens with zero attached hydrogens (tertiary/aromatic N) is 2. The number of carbonyl (C=O) groups is 2. The van der Waals surface area contributed by atoms with Crippen LogP contribution in [0.4, 0.5) is 0 Å². The fraction of sp³-hybridized carbons (Fsp3) is 0.385. The van der Waals surface area contributed by atoms with E-state index in [1.54, 1.807) is 42.2 Å². The van der Waals surface area contributed by atoms with Crippen LogP contribution in [0.5, 0.6) is 5.75 Å². The first kappa shape index (κ1) is 22.9. The first-order chi connectivity index (χ1) is 16.0. The lowest BCUT2D eigenvalue weighted by atomic mass is 9.95. The lowest BCUT2D eigenvalue weighted by Gasteiger charge is -2.31. The van der Waals surface area contributed by atoms with Crippen LogP contribution in [0.15, 0.2) is 64.8 Å². The van der Waals surface area contributed by atoms with Crippen LogP contribution < -0.4 is 4.74 Å². The maximum atomic E-state index is 13.3. The van der Waals surface area contributed by atoms with E-state index in [1.165, 1.54) is 6.42 Å². The lowest BCUT2D eigenvalue weighted by Crippen LogP contribution is -2.40.